The first-order valence-electron chi connectivity index (χ1n) is 9.80. The summed E-state index contributed by atoms with van der Waals surface area (Å²) >= 11 is 0. The van der Waals surface area contributed by atoms with Crippen LogP contribution in [0.25, 0.3) is 0 Å². The fourth-order valence-electron chi connectivity index (χ4n) is 3.21. The summed E-state index contributed by atoms with van der Waals surface area (Å²) in [4.78, 5) is 21.7. The zero-order chi connectivity index (χ0) is 24.5. The van der Waals surface area contributed by atoms with Crippen LogP contribution in [0.15, 0.2) is 18.2 Å². The number of aromatic nitrogens is 2. The lowest BCUT2D eigenvalue weighted by molar-refractivity contribution is -0.153. The van der Waals surface area contributed by atoms with Crippen LogP contribution in [0, 0.1) is 18.6 Å². The maximum absolute atomic E-state index is 14.5. The van der Waals surface area contributed by atoms with E-state index in [1.165, 1.54) is 24.8 Å². The van der Waals surface area contributed by atoms with Gasteiger partial charge in [-0.3, -0.25) is 4.90 Å². The molecule has 180 valence electrons. The largest absolute Gasteiger partial charge is 0.481 e. The van der Waals surface area contributed by atoms with E-state index in [-0.39, 0.29) is 23.9 Å². The van der Waals surface area contributed by atoms with Gasteiger partial charge in [-0.25, -0.2) is 18.6 Å². The number of alkyl halides is 3. The van der Waals surface area contributed by atoms with Crippen molar-refractivity contribution in [3.8, 4) is 5.75 Å². The molecule has 13 heteroatoms. The number of aliphatic hydroxyl groups is 1. The van der Waals surface area contributed by atoms with Crippen LogP contribution in [0.4, 0.5) is 38.5 Å². The number of rotatable bonds is 7. The molecule has 33 heavy (non-hydrogen) atoms. The molecule has 0 radical (unpaired) electrons. The SMILES string of the molecule is Cc1cc(N2C(=O)OC[C@@H]2[C@@H](C)O)nc(N[C@@H](C)c2cc(F)c(OCC(F)(F)F)cc2F)n1. The summed E-state index contributed by atoms with van der Waals surface area (Å²) in [7, 11) is 0. The van der Waals surface area contributed by atoms with Crippen LogP contribution < -0.4 is 15.0 Å². The van der Waals surface area contributed by atoms with Gasteiger partial charge in [-0.2, -0.15) is 18.2 Å². The zero-order valence-corrected chi connectivity index (χ0v) is 17.8. The van der Waals surface area contributed by atoms with Crippen LogP contribution in [-0.4, -0.2) is 52.7 Å². The van der Waals surface area contributed by atoms with E-state index in [2.05, 4.69) is 20.0 Å². The number of halogens is 5. The van der Waals surface area contributed by atoms with Gasteiger partial charge in [0, 0.05) is 23.4 Å². The summed E-state index contributed by atoms with van der Waals surface area (Å²) in [5, 5.41) is 12.7. The van der Waals surface area contributed by atoms with Crippen LogP contribution in [0.3, 0.4) is 0 Å². The van der Waals surface area contributed by atoms with Gasteiger partial charge >= 0.3 is 12.3 Å². The molecule has 0 bridgehead atoms. The van der Waals surface area contributed by atoms with Gasteiger partial charge in [0.25, 0.3) is 0 Å². The van der Waals surface area contributed by atoms with E-state index < -0.39 is 54.4 Å². The zero-order valence-electron chi connectivity index (χ0n) is 17.8. The third kappa shape index (κ3) is 5.78. The van der Waals surface area contributed by atoms with E-state index in [4.69, 9.17) is 4.74 Å². The molecule has 8 nitrogen and oxygen atoms in total. The van der Waals surface area contributed by atoms with E-state index >= 15 is 0 Å². The molecule has 1 saturated heterocycles. The Morgan fingerprint density at radius 2 is 1.94 bits per heavy atom. The van der Waals surface area contributed by atoms with Gasteiger partial charge in [0.05, 0.1) is 12.1 Å². The molecule has 3 atom stereocenters. The number of carbonyl (C=O) groups excluding carboxylic acids is 1. The molecule has 1 amide bonds. The average Bonchev–Trinajstić information content (AvgIpc) is 3.09. The van der Waals surface area contributed by atoms with Crippen LogP contribution in [-0.2, 0) is 4.74 Å². The molecule has 0 spiro atoms. The summed E-state index contributed by atoms with van der Waals surface area (Å²) < 4.78 is 74.8. The van der Waals surface area contributed by atoms with Crippen molar-refractivity contribution in [1.29, 1.82) is 0 Å². The van der Waals surface area contributed by atoms with Gasteiger partial charge < -0.3 is 19.9 Å². The monoisotopic (exact) mass is 476 g/mol. The maximum Gasteiger partial charge on any atom is 0.422 e. The Kier molecular flexibility index (Phi) is 6.91. The molecule has 1 aliphatic rings. The standard InChI is InChI=1S/C20H21F5N4O4/c1-9-4-17(29-15(11(3)30)7-32-19(29)31)28-18(26-9)27-10(2)12-5-14(22)16(6-13(12)21)33-8-20(23,24)25/h4-6,10-11,15,30H,7-8H2,1-3H3,(H,26,27,28)/t10-,11+,15+/m0/s1. The second kappa shape index (κ2) is 9.33. The minimum atomic E-state index is -4.70. The number of carbonyl (C=O) groups is 1. The number of benzene rings is 1. The predicted molar refractivity (Wildman–Crippen MR) is 106 cm³/mol. The summed E-state index contributed by atoms with van der Waals surface area (Å²) in [6.07, 6.45) is -6.32. The Hall–Kier alpha value is -3.22. The van der Waals surface area contributed by atoms with Crippen LogP contribution in [0.1, 0.15) is 31.1 Å². The first-order valence-corrected chi connectivity index (χ1v) is 9.80. The molecule has 2 aromatic rings. The third-order valence-corrected chi connectivity index (χ3v) is 4.80. The second-order valence-corrected chi connectivity index (χ2v) is 7.52. The molecule has 0 aliphatic carbocycles. The van der Waals surface area contributed by atoms with E-state index in [1.807, 2.05) is 0 Å². The van der Waals surface area contributed by atoms with Gasteiger partial charge in [-0.1, -0.05) is 0 Å². The molecule has 0 unspecified atom stereocenters. The number of aliphatic hydroxyl groups excluding tert-OH is 1. The van der Waals surface area contributed by atoms with Gasteiger partial charge in [0.15, 0.2) is 18.2 Å². The molecule has 1 aromatic carbocycles. The average molecular weight is 476 g/mol. The Morgan fingerprint density at radius 1 is 1.24 bits per heavy atom. The van der Waals surface area contributed by atoms with Gasteiger partial charge in [0.1, 0.15) is 24.3 Å². The molecule has 2 N–H and O–H groups in total. The van der Waals surface area contributed by atoms with Gasteiger partial charge in [-0.05, 0) is 26.8 Å². The molecule has 1 aromatic heterocycles. The van der Waals surface area contributed by atoms with E-state index in [1.54, 1.807) is 6.92 Å². The first-order chi connectivity index (χ1) is 15.4. The number of aryl methyl sites for hydroxylation is 1. The fourth-order valence-corrected chi connectivity index (χ4v) is 3.21. The minimum absolute atomic E-state index is 0.0289. The van der Waals surface area contributed by atoms with Crippen molar-refractivity contribution in [1.82, 2.24) is 9.97 Å². The van der Waals surface area contributed by atoms with Crippen molar-refractivity contribution in [3.05, 3.63) is 41.1 Å². The number of amides is 1. The molecule has 0 saturated carbocycles. The maximum atomic E-state index is 14.5. The Labute approximate surface area is 185 Å². The summed E-state index contributed by atoms with van der Waals surface area (Å²) in [5.74, 6) is -2.94. The first kappa shape index (κ1) is 24.4. The lowest BCUT2D eigenvalue weighted by Gasteiger charge is -2.23. The molecular formula is C20H21F5N4O4. The number of anilines is 2. The highest BCUT2D eigenvalue weighted by molar-refractivity contribution is 5.89. The Balaban J connectivity index is 1.82. The molecule has 1 fully saturated rings. The minimum Gasteiger partial charge on any atom is -0.481 e. The lowest BCUT2D eigenvalue weighted by atomic mass is 10.1. The van der Waals surface area contributed by atoms with Crippen LogP contribution >= 0.6 is 0 Å². The molecule has 1 aliphatic heterocycles. The van der Waals surface area contributed by atoms with Gasteiger partial charge in [-0.15, -0.1) is 0 Å². The van der Waals surface area contributed by atoms with E-state index in [0.717, 1.165) is 6.07 Å². The Bertz CT molecular complexity index is 1030. The van der Waals surface area contributed by atoms with Crippen molar-refractivity contribution < 1.29 is 41.3 Å². The van der Waals surface area contributed by atoms with Crippen molar-refractivity contribution >= 4 is 17.9 Å². The highest BCUT2D eigenvalue weighted by Crippen LogP contribution is 2.30. The smallest absolute Gasteiger partial charge is 0.422 e. The highest BCUT2D eigenvalue weighted by atomic mass is 19.4. The van der Waals surface area contributed by atoms with E-state index in [9.17, 15) is 31.9 Å². The topological polar surface area (TPSA) is 96.8 Å². The number of nitrogens with one attached hydrogen (secondary N) is 1. The van der Waals surface area contributed by atoms with Crippen LogP contribution in [0.5, 0.6) is 5.75 Å². The molecule has 2 heterocycles. The van der Waals surface area contributed by atoms with Gasteiger partial charge in [0.2, 0.25) is 5.95 Å². The van der Waals surface area contributed by atoms with E-state index in [0.29, 0.717) is 11.8 Å². The van der Waals surface area contributed by atoms with Crippen LogP contribution in [0.2, 0.25) is 0 Å². The number of ether oxygens (including phenoxy) is 2. The van der Waals surface area contributed by atoms with Crippen molar-refractivity contribution in [2.24, 2.45) is 0 Å². The fraction of sp³-hybridized carbons (Fsp3) is 0.450. The summed E-state index contributed by atoms with van der Waals surface area (Å²) in [6.45, 7) is 2.78. The number of nitrogens with zero attached hydrogens (tertiary/aromatic N) is 3. The second-order valence-electron chi connectivity index (χ2n) is 7.52. The Morgan fingerprint density at radius 3 is 2.58 bits per heavy atom. The molecule has 3 rings (SSSR count). The summed E-state index contributed by atoms with van der Waals surface area (Å²) in [6, 6.07) is 1.16. The van der Waals surface area contributed by atoms with Crippen molar-refractivity contribution in [2.45, 2.75) is 45.1 Å². The summed E-state index contributed by atoms with van der Waals surface area (Å²) in [5.41, 5.74) is 0.224. The highest BCUT2D eigenvalue weighted by Gasteiger charge is 2.38. The van der Waals surface area contributed by atoms with Crippen molar-refractivity contribution in [2.75, 3.05) is 23.4 Å². The molecular weight excluding hydrogens is 455 g/mol. The number of cyclic esters (lactones) is 1. The normalized spacial score (nSPS) is 18.2. The number of hydrogen-bond donors (Lipinski definition) is 2. The third-order valence-electron chi connectivity index (χ3n) is 4.80. The van der Waals surface area contributed by atoms with Crippen molar-refractivity contribution in [3.63, 3.8) is 0 Å². The lowest BCUT2D eigenvalue weighted by Crippen LogP contribution is -2.41. The quantitative estimate of drug-likeness (QED) is 0.586. The predicted octanol–water partition coefficient (Wildman–Crippen LogP) is 3.88. The number of hydrogen-bond acceptors (Lipinski definition) is 7.